The molecule has 1 aliphatic carbocycles. The fourth-order valence-electron chi connectivity index (χ4n) is 4.27. The number of ether oxygens (including phenoxy) is 3. The lowest BCUT2D eigenvalue weighted by Gasteiger charge is -2.22. The minimum absolute atomic E-state index is 0.0724. The zero-order valence-electron chi connectivity index (χ0n) is 15.8. The lowest BCUT2D eigenvalue weighted by atomic mass is 9.91. The van der Waals surface area contributed by atoms with Crippen LogP contribution in [0.3, 0.4) is 0 Å². The van der Waals surface area contributed by atoms with Crippen LogP contribution in [0.5, 0.6) is 17.2 Å². The third kappa shape index (κ3) is 2.42. The van der Waals surface area contributed by atoms with Crippen molar-refractivity contribution < 1.29 is 14.2 Å². The van der Waals surface area contributed by atoms with Crippen LogP contribution in [0.25, 0.3) is 28.0 Å². The molecule has 1 aliphatic heterocycles. The van der Waals surface area contributed by atoms with Gasteiger partial charge in [0.15, 0.2) is 11.5 Å². The van der Waals surface area contributed by atoms with Crippen LogP contribution in [0, 0.1) is 0 Å². The molecule has 5 rings (SSSR count). The summed E-state index contributed by atoms with van der Waals surface area (Å²) < 4.78 is 17.8. The van der Waals surface area contributed by atoms with Crippen LogP contribution in [0.4, 0.5) is 0 Å². The lowest BCUT2D eigenvalue weighted by molar-refractivity contribution is 0.230. The van der Waals surface area contributed by atoms with E-state index in [1.807, 2.05) is 13.8 Å². The third-order valence-electron chi connectivity index (χ3n) is 5.31. The predicted octanol–water partition coefficient (Wildman–Crippen LogP) is 5.61. The molecule has 0 saturated carbocycles. The van der Waals surface area contributed by atoms with Gasteiger partial charge in [0, 0.05) is 10.9 Å². The van der Waals surface area contributed by atoms with E-state index in [2.05, 4.69) is 48.6 Å². The minimum atomic E-state index is 0.0724. The molecule has 136 valence electrons. The summed E-state index contributed by atoms with van der Waals surface area (Å²) in [6.07, 6.45) is 5.30. The van der Waals surface area contributed by atoms with E-state index in [-0.39, 0.29) is 6.10 Å². The molecule has 0 fully saturated rings. The van der Waals surface area contributed by atoms with E-state index in [1.165, 1.54) is 27.8 Å². The molecule has 27 heavy (non-hydrogen) atoms. The fraction of sp³-hybridized carbons (Fsp3) is 0.250. The molecule has 0 spiro atoms. The van der Waals surface area contributed by atoms with Gasteiger partial charge in [-0.15, -0.1) is 0 Å². The van der Waals surface area contributed by atoms with Crippen LogP contribution < -0.4 is 14.2 Å². The van der Waals surface area contributed by atoms with Gasteiger partial charge >= 0.3 is 0 Å². The molecule has 0 unspecified atom stereocenters. The topological polar surface area (TPSA) is 27.7 Å². The molecule has 3 nitrogen and oxygen atoms in total. The Morgan fingerprint density at radius 1 is 1.04 bits per heavy atom. The van der Waals surface area contributed by atoms with Crippen molar-refractivity contribution in [2.45, 2.75) is 26.4 Å². The van der Waals surface area contributed by atoms with E-state index in [0.717, 1.165) is 34.4 Å². The Morgan fingerprint density at radius 3 is 2.67 bits per heavy atom. The summed E-state index contributed by atoms with van der Waals surface area (Å²) in [5.74, 6) is 2.47. The van der Waals surface area contributed by atoms with Crippen molar-refractivity contribution in [3.8, 4) is 28.4 Å². The molecular weight excluding hydrogens is 336 g/mol. The van der Waals surface area contributed by atoms with E-state index < -0.39 is 0 Å². The van der Waals surface area contributed by atoms with Crippen LogP contribution in [-0.2, 0) is 6.42 Å². The molecule has 3 heteroatoms. The van der Waals surface area contributed by atoms with Gasteiger partial charge in [-0.1, -0.05) is 30.3 Å². The Hall–Kier alpha value is -2.94. The SMILES string of the molecule is COc1cc2c3c(c4c(c2cc1OC(C)C)OCC=C4)Cc1ccccc1-3. The van der Waals surface area contributed by atoms with Crippen molar-refractivity contribution in [1.82, 2.24) is 0 Å². The Bertz CT molecular complexity index is 1090. The molecule has 0 atom stereocenters. The average molecular weight is 358 g/mol. The summed E-state index contributed by atoms with van der Waals surface area (Å²) in [4.78, 5) is 0. The zero-order valence-corrected chi connectivity index (χ0v) is 15.8. The molecular formula is C24H22O3. The number of benzene rings is 3. The summed E-state index contributed by atoms with van der Waals surface area (Å²) in [7, 11) is 1.69. The van der Waals surface area contributed by atoms with Crippen molar-refractivity contribution in [3.05, 3.63) is 59.2 Å². The third-order valence-corrected chi connectivity index (χ3v) is 5.31. The number of hydrogen-bond donors (Lipinski definition) is 0. The molecule has 1 heterocycles. The van der Waals surface area contributed by atoms with Crippen molar-refractivity contribution in [2.75, 3.05) is 13.7 Å². The average Bonchev–Trinajstić information content (AvgIpc) is 3.07. The second kappa shape index (κ2) is 6.05. The smallest absolute Gasteiger partial charge is 0.162 e. The van der Waals surface area contributed by atoms with Crippen molar-refractivity contribution >= 4 is 16.8 Å². The highest BCUT2D eigenvalue weighted by molar-refractivity contribution is 6.08. The highest BCUT2D eigenvalue weighted by Crippen LogP contribution is 2.51. The second-order valence-corrected chi connectivity index (χ2v) is 7.36. The first-order valence-corrected chi connectivity index (χ1v) is 9.42. The summed E-state index contributed by atoms with van der Waals surface area (Å²) in [5, 5.41) is 2.25. The molecule has 2 aliphatic rings. The van der Waals surface area contributed by atoms with Gasteiger partial charge in [0.1, 0.15) is 12.4 Å². The number of hydrogen-bond acceptors (Lipinski definition) is 3. The largest absolute Gasteiger partial charge is 0.493 e. The fourth-order valence-corrected chi connectivity index (χ4v) is 4.27. The predicted molar refractivity (Wildman–Crippen MR) is 109 cm³/mol. The lowest BCUT2D eigenvalue weighted by Crippen LogP contribution is -2.08. The molecule has 0 aromatic heterocycles. The zero-order chi connectivity index (χ0) is 18.5. The van der Waals surface area contributed by atoms with Gasteiger partial charge in [-0.25, -0.2) is 0 Å². The monoisotopic (exact) mass is 358 g/mol. The van der Waals surface area contributed by atoms with Gasteiger partial charge in [-0.2, -0.15) is 0 Å². The van der Waals surface area contributed by atoms with Gasteiger partial charge in [-0.05, 0) is 66.1 Å². The Kier molecular flexibility index (Phi) is 3.64. The van der Waals surface area contributed by atoms with Gasteiger partial charge in [0.05, 0.1) is 13.2 Å². The van der Waals surface area contributed by atoms with Gasteiger partial charge in [-0.3, -0.25) is 0 Å². The molecule has 0 amide bonds. The Labute approximate surface area is 159 Å². The molecule has 0 N–H and O–H groups in total. The molecule has 3 aromatic carbocycles. The van der Waals surface area contributed by atoms with Crippen molar-refractivity contribution in [1.29, 1.82) is 0 Å². The Balaban J connectivity index is 1.89. The van der Waals surface area contributed by atoms with Crippen LogP contribution in [0.1, 0.15) is 30.5 Å². The quantitative estimate of drug-likeness (QED) is 0.476. The van der Waals surface area contributed by atoms with Gasteiger partial charge in [0.2, 0.25) is 0 Å². The minimum Gasteiger partial charge on any atom is -0.493 e. The highest BCUT2D eigenvalue weighted by Gasteiger charge is 2.28. The van der Waals surface area contributed by atoms with Crippen molar-refractivity contribution in [3.63, 3.8) is 0 Å². The highest BCUT2D eigenvalue weighted by atomic mass is 16.5. The summed E-state index contributed by atoms with van der Waals surface area (Å²) >= 11 is 0. The number of methoxy groups -OCH3 is 1. The summed E-state index contributed by atoms with van der Waals surface area (Å²) in [6.45, 7) is 4.65. The Morgan fingerprint density at radius 2 is 1.85 bits per heavy atom. The molecule has 3 aromatic rings. The standard InChI is InChI=1S/C24H22O3/c1-14(2)27-22-13-20-19(12-21(22)25-3)23-16-8-5-4-7-15(16)11-18(23)17-9-6-10-26-24(17)20/h4-9,12-14H,10-11H2,1-3H3. The maximum atomic E-state index is 6.11. The van der Waals surface area contributed by atoms with Crippen LogP contribution in [-0.4, -0.2) is 19.8 Å². The van der Waals surface area contributed by atoms with Crippen molar-refractivity contribution in [2.24, 2.45) is 0 Å². The van der Waals surface area contributed by atoms with E-state index in [9.17, 15) is 0 Å². The van der Waals surface area contributed by atoms with Crippen LogP contribution in [0.2, 0.25) is 0 Å². The molecule has 0 saturated heterocycles. The van der Waals surface area contributed by atoms with Gasteiger partial charge in [0.25, 0.3) is 0 Å². The molecule has 0 bridgehead atoms. The van der Waals surface area contributed by atoms with E-state index in [1.54, 1.807) is 7.11 Å². The van der Waals surface area contributed by atoms with Crippen LogP contribution >= 0.6 is 0 Å². The molecule has 0 radical (unpaired) electrons. The summed E-state index contributed by atoms with van der Waals surface area (Å²) in [6, 6.07) is 12.8. The normalized spacial score (nSPS) is 13.9. The van der Waals surface area contributed by atoms with E-state index in [0.29, 0.717) is 6.61 Å². The van der Waals surface area contributed by atoms with Crippen LogP contribution in [0.15, 0.2) is 42.5 Å². The number of fused-ring (bicyclic) bond motifs is 8. The number of rotatable bonds is 3. The first-order chi connectivity index (χ1) is 13.2. The second-order valence-electron chi connectivity index (χ2n) is 7.36. The maximum absolute atomic E-state index is 6.11. The van der Waals surface area contributed by atoms with E-state index in [4.69, 9.17) is 14.2 Å². The maximum Gasteiger partial charge on any atom is 0.162 e. The van der Waals surface area contributed by atoms with E-state index >= 15 is 0 Å². The van der Waals surface area contributed by atoms with Gasteiger partial charge < -0.3 is 14.2 Å². The summed E-state index contributed by atoms with van der Waals surface area (Å²) in [5.41, 5.74) is 6.50. The first kappa shape index (κ1) is 16.2. The first-order valence-electron chi connectivity index (χ1n) is 9.42.